The number of benzene rings is 2. The summed E-state index contributed by atoms with van der Waals surface area (Å²) in [6.07, 6.45) is 2.08. The van der Waals surface area contributed by atoms with Gasteiger partial charge in [-0.05, 0) is 54.8 Å². The van der Waals surface area contributed by atoms with Gasteiger partial charge in [0.1, 0.15) is 6.04 Å². The lowest BCUT2D eigenvalue weighted by Gasteiger charge is -2.33. The van der Waals surface area contributed by atoms with Crippen LogP contribution in [0.3, 0.4) is 0 Å². The van der Waals surface area contributed by atoms with Gasteiger partial charge in [0.2, 0.25) is 15.9 Å². The second-order valence-corrected chi connectivity index (χ2v) is 9.67. The van der Waals surface area contributed by atoms with E-state index in [1.165, 1.54) is 4.31 Å². The van der Waals surface area contributed by atoms with Crippen molar-refractivity contribution in [2.24, 2.45) is 0 Å². The second kappa shape index (κ2) is 8.73. The molecule has 2 aromatic carbocycles. The maximum atomic E-state index is 13.0. The van der Waals surface area contributed by atoms with Gasteiger partial charge in [0.25, 0.3) is 0 Å². The Kier molecular flexibility index (Phi) is 6.57. The SMILES string of the molecule is O=C(NCc1cccc(Cl)c1)[C@@H]1CCCCN1S(=O)(=O)c1ccc(Br)cc1. The van der Waals surface area contributed by atoms with Crippen LogP contribution in [0.2, 0.25) is 5.02 Å². The molecular weight excluding hydrogens is 452 g/mol. The molecule has 144 valence electrons. The van der Waals surface area contributed by atoms with Gasteiger partial charge in [-0.15, -0.1) is 0 Å². The van der Waals surface area contributed by atoms with Gasteiger partial charge in [-0.25, -0.2) is 8.42 Å². The molecule has 1 saturated heterocycles. The van der Waals surface area contributed by atoms with Crippen LogP contribution in [0.1, 0.15) is 24.8 Å². The molecular formula is C19H20BrClN2O3S. The van der Waals surface area contributed by atoms with Crippen molar-refractivity contribution >= 4 is 43.5 Å². The molecule has 0 saturated carbocycles. The first-order valence-corrected chi connectivity index (χ1v) is 11.3. The third-order valence-electron chi connectivity index (χ3n) is 4.53. The van der Waals surface area contributed by atoms with E-state index in [0.717, 1.165) is 22.9 Å². The number of hydrogen-bond donors (Lipinski definition) is 1. The van der Waals surface area contributed by atoms with Crippen LogP contribution in [-0.4, -0.2) is 31.2 Å². The summed E-state index contributed by atoms with van der Waals surface area (Å²) in [4.78, 5) is 12.9. The predicted molar refractivity (Wildman–Crippen MR) is 109 cm³/mol. The highest BCUT2D eigenvalue weighted by atomic mass is 79.9. The van der Waals surface area contributed by atoms with Crippen LogP contribution in [0.5, 0.6) is 0 Å². The Balaban J connectivity index is 1.76. The summed E-state index contributed by atoms with van der Waals surface area (Å²) in [5, 5.41) is 3.44. The van der Waals surface area contributed by atoms with Crippen molar-refractivity contribution in [1.29, 1.82) is 0 Å². The van der Waals surface area contributed by atoms with Crippen LogP contribution in [0.15, 0.2) is 57.9 Å². The summed E-state index contributed by atoms with van der Waals surface area (Å²) in [6, 6.07) is 13.0. The quantitative estimate of drug-likeness (QED) is 0.718. The smallest absolute Gasteiger partial charge is 0.243 e. The molecule has 0 unspecified atom stereocenters. The predicted octanol–water partition coefficient (Wildman–Crippen LogP) is 3.96. The average Bonchev–Trinajstić information content (AvgIpc) is 2.66. The highest BCUT2D eigenvalue weighted by molar-refractivity contribution is 9.10. The molecule has 0 aromatic heterocycles. The van der Waals surface area contributed by atoms with E-state index in [9.17, 15) is 13.2 Å². The van der Waals surface area contributed by atoms with E-state index in [2.05, 4.69) is 21.2 Å². The van der Waals surface area contributed by atoms with Crippen molar-refractivity contribution in [3.8, 4) is 0 Å². The van der Waals surface area contributed by atoms with Crippen LogP contribution < -0.4 is 5.32 Å². The number of carbonyl (C=O) groups excluding carboxylic acids is 1. The van der Waals surface area contributed by atoms with Gasteiger partial charge in [-0.1, -0.05) is 46.1 Å². The monoisotopic (exact) mass is 470 g/mol. The minimum atomic E-state index is -3.73. The van der Waals surface area contributed by atoms with Crippen molar-refractivity contribution in [3.63, 3.8) is 0 Å². The third kappa shape index (κ3) is 4.90. The lowest BCUT2D eigenvalue weighted by molar-refractivity contribution is -0.125. The molecule has 1 atom stereocenters. The van der Waals surface area contributed by atoms with E-state index in [1.807, 2.05) is 12.1 Å². The largest absolute Gasteiger partial charge is 0.351 e. The fourth-order valence-corrected chi connectivity index (χ4v) is 5.28. The molecule has 8 heteroatoms. The van der Waals surface area contributed by atoms with Gasteiger partial charge in [-0.3, -0.25) is 4.79 Å². The summed E-state index contributed by atoms with van der Waals surface area (Å²) in [5.74, 6) is -0.282. The minimum Gasteiger partial charge on any atom is -0.351 e. The van der Waals surface area contributed by atoms with E-state index in [0.29, 0.717) is 24.5 Å². The summed E-state index contributed by atoms with van der Waals surface area (Å²) in [6.45, 7) is 0.649. The molecule has 27 heavy (non-hydrogen) atoms. The summed E-state index contributed by atoms with van der Waals surface area (Å²) < 4.78 is 28.2. The average molecular weight is 472 g/mol. The molecule has 0 spiro atoms. The topological polar surface area (TPSA) is 66.5 Å². The third-order valence-corrected chi connectivity index (χ3v) is 7.22. The molecule has 5 nitrogen and oxygen atoms in total. The van der Waals surface area contributed by atoms with E-state index in [4.69, 9.17) is 11.6 Å². The Hall–Kier alpha value is -1.41. The Morgan fingerprint density at radius 2 is 1.93 bits per heavy atom. The lowest BCUT2D eigenvalue weighted by Crippen LogP contribution is -2.51. The molecule has 0 radical (unpaired) electrons. The van der Waals surface area contributed by atoms with Crippen molar-refractivity contribution in [2.75, 3.05) is 6.54 Å². The first-order valence-electron chi connectivity index (χ1n) is 8.67. The molecule has 0 bridgehead atoms. The highest BCUT2D eigenvalue weighted by Crippen LogP contribution is 2.26. The molecule has 0 aliphatic carbocycles. The summed E-state index contributed by atoms with van der Waals surface area (Å²) in [7, 11) is -3.73. The number of sulfonamides is 1. The van der Waals surface area contributed by atoms with Gasteiger partial charge in [-0.2, -0.15) is 4.31 Å². The van der Waals surface area contributed by atoms with E-state index >= 15 is 0 Å². The Morgan fingerprint density at radius 3 is 2.63 bits per heavy atom. The normalized spacial score (nSPS) is 18.2. The number of halogens is 2. The van der Waals surface area contributed by atoms with Crippen molar-refractivity contribution in [3.05, 3.63) is 63.6 Å². The van der Waals surface area contributed by atoms with Gasteiger partial charge in [0, 0.05) is 22.6 Å². The van der Waals surface area contributed by atoms with Crippen molar-refractivity contribution in [2.45, 2.75) is 36.7 Å². The zero-order valence-corrected chi connectivity index (χ0v) is 17.7. The zero-order chi connectivity index (χ0) is 19.4. The molecule has 1 aliphatic rings. The van der Waals surface area contributed by atoms with Crippen LogP contribution in [0.25, 0.3) is 0 Å². The number of hydrogen-bond acceptors (Lipinski definition) is 3. The fourth-order valence-electron chi connectivity index (χ4n) is 3.15. The number of nitrogens with one attached hydrogen (secondary N) is 1. The Labute approximate surface area is 172 Å². The van der Waals surface area contributed by atoms with Crippen LogP contribution in [0.4, 0.5) is 0 Å². The number of amides is 1. The molecule has 2 aromatic rings. The van der Waals surface area contributed by atoms with Crippen LogP contribution in [0, 0.1) is 0 Å². The van der Waals surface area contributed by atoms with E-state index in [-0.39, 0.29) is 10.8 Å². The Bertz CT molecular complexity index is 919. The van der Waals surface area contributed by atoms with E-state index in [1.54, 1.807) is 36.4 Å². The summed E-state index contributed by atoms with van der Waals surface area (Å²) in [5.41, 5.74) is 0.869. The molecule has 1 fully saturated rings. The first-order chi connectivity index (χ1) is 12.9. The van der Waals surface area contributed by atoms with E-state index < -0.39 is 16.1 Å². The molecule has 1 amide bonds. The fraction of sp³-hybridized carbons (Fsp3) is 0.316. The van der Waals surface area contributed by atoms with Gasteiger partial charge in [0.05, 0.1) is 4.90 Å². The Morgan fingerprint density at radius 1 is 1.19 bits per heavy atom. The maximum absolute atomic E-state index is 13.0. The first kappa shape index (κ1) is 20.3. The number of carbonyl (C=O) groups is 1. The second-order valence-electron chi connectivity index (χ2n) is 6.43. The number of piperidine rings is 1. The van der Waals surface area contributed by atoms with Gasteiger partial charge < -0.3 is 5.32 Å². The van der Waals surface area contributed by atoms with Crippen LogP contribution >= 0.6 is 27.5 Å². The maximum Gasteiger partial charge on any atom is 0.243 e. The molecule has 1 heterocycles. The lowest BCUT2D eigenvalue weighted by atomic mass is 10.0. The molecule has 3 rings (SSSR count). The zero-order valence-electron chi connectivity index (χ0n) is 14.6. The van der Waals surface area contributed by atoms with Crippen molar-refractivity contribution in [1.82, 2.24) is 9.62 Å². The summed E-state index contributed by atoms with van der Waals surface area (Å²) >= 11 is 9.28. The van der Waals surface area contributed by atoms with Gasteiger partial charge in [0.15, 0.2) is 0 Å². The van der Waals surface area contributed by atoms with Crippen molar-refractivity contribution < 1.29 is 13.2 Å². The number of nitrogens with zero attached hydrogens (tertiary/aromatic N) is 1. The standard InChI is InChI=1S/C19H20BrClN2O3S/c20-15-7-9-17(10-8-15)27(25,26)23-11-2-1-6-18(23)19(24)22-13-14-4-3-5-16(21)12-14/h3-5,7-10,12,18H,1-2,6,11,13H2,(H,22,24)/t18-/m0/s1. The highest BCUT2D eigenvalue weighted by Gasteiger charge is 2.37. The minimum absolute atomic E-state index is 0.195. The number of rotatable bonds is 5. The molecule has 1 aliphatic heterocycles. The van der Waals surface area contributed by atoms with Gasteiger partial charge >= 0.3 is 0 Å². The van der Waals surface area contributed by atoms with Crippen LogP contribution in [-0.2, 0) is 21.4 Å². The molecule has 1 N–H and O–H groups in total.